The standard InChI is InChI=1S/C21H29NO2/c1-22(13-15-3-5-19(6-4-15)20(23)24-2)14-21-10-16-7-17(11-21)9-18(8-16)12-21/h3-6,16-18H,7-14H2,1-2H3. The zero-order chi connectivity index (χ0) is 16.7. The summed E-state index contributed by atoms with van der Waals surface area (Å²) in [6.07, 6.45) is 8.92. The Kier molecular flexibility index (Phi) is 4.16. The molecule has 0 unspecified atom stereocenters. The summed E-state index contributed by atoms with van der Waals surface area (Å²) in [5.74, 6) is 2.79. The largest absolute Gasteiger partial charge is 0.465 e. The Hall–Kier alpha value is -1.35. The minimum atomic E-state index is -0.261. The van der Waals surface area contributed by atoms with Gasteiger partial charge in [-0.25, -0.2) is 4.79 Å². The fourth-order valence-electron chi connectivity index (χ4n) is 6.29. The van der Waals surface area contributed by atoms with Crippen molar-refractivity contribution in [2.24, 2.45) is 23.2 Å². The molecule has 4 saturated carbocycles. The molecule has 4 fully saturated rings. The van der Waals surface area contributed by atoms with E-state index in [0.717, 1.165) is 24.3 Å². The number of carbonyl (C=O) groups is 1. The molecule has 24 heavy (non-hydrogen) atoms. The number of esters is 1. The summed E-state index contributed by atoms with van der Waals surface area (Å²) in [7, 11) is 3.68. The molecule has 0 saturated heterocycles. The average molecular weight is 327 g/mol. The lowest BCUT2D eigenvalue weighted by Crippen LogP contribution is -2.50. The van der Waals surface area contributed by atoms with Crippen LogP contribution in [0, 0.1) is 23.2 Å². The van der Waals surface area contributed by atoms with Gasteiger partial charge in [-0.05, 0) is 86.4 Å². The molecule has 5 rings (SSSR count). The Bertz CT molecular complexity index is 571. The normalized spacial score (nSPS) is 33.9. The Morgan fingerprint density at radius 1 is 1.08 bits per heavy atom. The van der Waals surface area contributed by atoms with Crippen LogP contribution in [-0.4, -0.2) is 31.6 Å². The summed E-state index contributed by atoms with van der Waals surface area (Å²) in [5.41, 5.74) is 2.50. The van der Waals surface area contributed by atoms with Crippen LogP contribution < -0.4 is 0 Å². The van der Waals surface area contributed by atoms with Gasteiger partial charge in [0.2, 0.25) is 0 Å². The zero-order valence-electron chi connectivity index (χ0n) is 15.0. The van der Waals surface area contributed by atoms with Crippen LogP contribution in [0.2, 0.25) is 0 Å². The van der Waals surface area contributed by atoms with Crippen molar-refractivity contribution in [2.75, 3.05) is 20.7 Å². The topological polar surface area (TPSA) is 29.5 Å². The van der Waals surface area contributed by atoms with E-state index in [2.05, 4.69) is 24.1 Å². The highest BCUT2D eigenvalue weighted by atomic mass is 16.5. The molecule has 3 heteroatoms. The first-order chi connectivity index (χ1) is 11.5. The quantitative estimate of drug-likeness (QED) is 0.762. The van der Waals surface area contributed by atoms with Crippen molar-refractivity contribution in [3.05, 3.63) is 35.4 Å². The summed E-state index contributed by atoms with van der Waals surface area (Å²) in [6, 6.07) is 7.87. The Morgan fingerprint density at radius 3 is 2.12 bits per heavy atom. The summed E-state index contributed by atoms with van der Waals surface area (Å²) in [5, 5.41) is 0. The smallest absolute Gasteiger partial charge is 0.337 e. The van der Waals surface area contributed by atoms with E-state index in [1.165, 1.54) is 57.7 Å². The minimum Gasteiger partial charge on any atom is -0.465 e. The van der Waals surface area contributed by atoms with Crippen molar-refractivity contribution >= 4 is 5.97 Å². The van der Waals surface area contributed by atoms with E-state index in [1.807, 2.05) is 12.1 Å². The maximum Gasteiger partial charge on any atom is 0.337 e. The first-order valence-electron chi connectivity index (χ1n) is 9.41. The minimum absolute atomic E-state index is 0.261. The monoisotopic (exact) mass is 327 g/mol. The molecule has 0 aromatic heterocycles. The fourth-order valence-corrected chi connectivity index (χ4v) is 6.29. The number of hydrogen-bond donors (Lipinski definition) is 0. The highest BCUT2D eigenvalue weighted by molar-refractivity contribution is 5.89. The van der Waals surface area contributed by atoms with Crippen molar-refractivity contribution in [3.8, 4) is 0 Å². The third kappa shape index (κ3) is 3.11. The van der Waals surface area contributed by atoms with E-state index in [4.69, 9.17) is 4.74 Å². The number of benzene rings is 1. The van der Waals surface area contributed by atoms with Gasteiger partial charge in [-0.3, -0.25) is 0 Å². The molecular weight excluding hydrogens is 298 g/mol. The molecule has 0 aliphatic heterocycles. The van der Waals surface area contributed by atoms with Gasteiger partial charge in [0.15, 0.2) is 0 Å². The van der Waals surface area contributed by atoms with Gasteiger partial charge in [0.1, 0.15) is 0 Å². The molecule has 0 atom stereocenters. The van der Waals surface area contributed by atoms with E-state index in [1.54, 1.807) is 0 Å². The average Bonchev–Trinajstić information content (AvgIpc) is 2.53. The molecule has 0 radical (unpaired) electrons. The second kappa shape index (κ2) is 6.18. The van der Waals surface area contributed by atoms with Crippen molar-refractivity contribution in [1.29, 1.82) is 0 Å². The fraction of sp³-hybridized carbons (Fsp3) is 0.667. The Labute approximate surface area is 145 Å². The van der Waals surface area contributed by atoms with Gasteiger partial charge in [-0.2, -0.15) is 0 Å². The molecule has 1 aromatic rings. The maximum atomic E-state index is 11.5. The van der Waals surface area contributed by atoms with Gasteiger partial charge < -0.3 is 9.64 Å². The van der Waals surface area contributed by atoms with E-state index in [0.29, 0.717) is 11.0 Å². The molecule has 0 heterocycles. The summed E-state index contributed by atoms with van der Waals surface area (Å²) in [6.45, 7) is 2.19. The third-order valence-corrected chi connectivity index (χ3v) is 6.60. The van der Waals surface area contributed by atoms with Gasteiger partial charge in [-0.15, -0.1) is 0 Å². The van der Waals surface area contributed by atoms with Gasteiger partial charge in [-0.1, -0.05) is 12.1 Å². The molecular formula is C21H29NO2. The highest BCUT2D eigenvalue weighted by Crippen LogP contribution is 2.60. The van der Waals surface area contributed by atoms with Crippen LogP contribution >= 0.6 is 0 Å². The first kappa shape index (κ1) is 16.1. The van der Waals surface area contributed by atoms with Crippen molar-refractivity contribution < 1.29 is 9.53 Å². The third-order valence-electron chi connectivity index (χ3n) is 6.60. The van der Waals surface area contributed by atoms with E-state index in [9.17, 15) is 4.79 Å². The van der Waals surface area contributed by atoms with Gasteiger partial charge >= 0.3 is 5.97 Å². The predicted molar refractivity (Wildman–Crippen MR) is 94.7 cm³/mol. The Balaban J connectivity index is 1.38. The molecule has 0 amide bonds. The second-order valence-corrected chi connectivity index (χ2v) is 8.78. The highest BCUT2D eigenvalue weighted by Gasteiger charge is 2.50. The van der Waals surface area contributed by atoms with Crippen LogP contribution in [0.4, 0.5) is 0 Å². The first-order valence-corrected chi connectivity index (χ1v) is 9.41. The molecule has 3 nitrogen and oxygen atoms in total. The predicted octanol–water partition coefficient (Wildman–Crippen LogP) is 4.12. The van der Waals surface area contributed by atoms with Gasteiger partial charge in [0.25, 0.3) is 0 Å². The van der Waals surface area contributed by atoms with Crippen LogP contribution in [0.5, 0.6) is 0 Å². The lowest BCUT2D eigenvalue weighted by Gasteiger charge is -2.57. The SMILES string of the molecule is COC(=O)c1ccc(CN(C)CC23CC4CC(CC(C4)C2)C3)cc1. The number of methoxy groups -OCH3 is 1. The van der Waals surface area contributed by atoms with E-state index in [-0.39, 0.29) is 5.97 Å². The van der Waals surface area contributed by atoms with Crippen LogP contribution in [0.3, 0.4) is 0 Å². The van der Waals surface area contributed by atoms with E-state index < -0.39 is 0 Å². The number of carbonyl (C=O) groups excluding carboxylic acids is 1. The summed E-state index contributed by atoms with van der Waals surface area (Å²) >= 11 is 0. The number of rotatable bonds is 5. The zero-order valence-corrected chi connectivity index (χ0v) is 15.0. The number of hydrogen-bond acceptors (Lipinski definition) is 3. The van der Waals surface area contributed by atoms with Gasteiger partial charge in [0, 0.05) is 13.1 Å². The molecule has 4 aliphatic rings. The number of nitrogens with zero attached hydrogens (tertiary/aromatic N) is 1. The van der Waals surface area contributed by atoms with Gasteiger partial charge in [0.05, 0.1) is 12.7 Å². The van der Waals surface area contributed by atoms with Crippen molar-refractivity contribution in [2.45, 2.75) is 45.1 Å². The van der Waals surface area contributed by atoms with Crippen LogP contribution in [0.1, 0.15) is 54.4 Å². The summed E-state index contributed by atoms with van der Waals surface area (Å²) in [4.78, 5) is 14.0. The molecule has 0 N–H and O–H groups in total. The molecule has 0 spiro atoms. The Morgan fingerprint density at radius 2 is 1.62 bits per heavy atom. The maximum absolute atomic E-state index is 11.5. The van der Waals surface area contributed by atoms with Crippen molar-refractivity contribution in [1.82, 2.24) is 4.90 Å². The summed E-state index contributed by atoms with van der Waals surface area (Å²) < 4.78 is 4.77. The number of ether oxygens (including phenoxy) is 1. The van der Waals surface area contributed by atoms with E-state index >= 15 is 0 Å². The van der Waals surface area contributed by atoms with Crippen LogP contribution in [0.25, 0.3) is 0 Å². The molecule has 1 aromatic carbocycles. The second-order valence-electron chi connectivity index (χ2n) is 8.78. The van der Waals surface area contributed by atoms with Crippen LogP contribution in [-0.2, 0) is 11.3 Å². The lowest BCUT2D eigenvalue weighted by molar-refractivity contribution is -0.0670. The van der Waals surface area contributed by atoms with Crippen LogP contribution in [0.15, 0.2) is 24.3 Å². The molecule has 130 valence electrons. The molecule has 4 bridgehead atoms. The lowest BCUT2D eigenvalue weighted by atomic mass is 9.49. The van der Waals surface area contributed by atoms with Crippen molar-refractivity contribution in [3.63, 3.8) is 0 Å². The molecule has 4 aliphatic carbocycles.